The third-order valence-electron chi connectivity index (χ3n) is 4.99. The number of halogens is 1. The van der Waals surface area contributed by atoms with Crippen LogP contribution >= 0.6 is 11.6 Å². The number of nitrogens with one attached hydrogen (secondary N) is 2. The van der Waals surface area contributed by atoms with Gasteiger partial charge in [-0.25, -0.2) is 14.8 Å². The van der Waals surface area contributed by atoms with Gasteiger partial charge in [0.25, 0.3) is 5.56 Å². The highest BCUT2D eigenvalue weighted by Crippen LogP contribution is 2.27. The molecule has 31 heavy (non-hydrogen) atoms. The van der Waals surface area contributed by atoms with Crippen molar-refractivity contribution in [1.82, 2.24) is 24.3 Å². The van der Waals surface area contributed by atoms with Crippen LogP contribution in [0.5, 0.6) is 0 Å². The average Bonchev–Trinajstić information content (AvgIpc) is 3.14. The number of rotatable bonds is 3. The summed E-state index contributed by atoms with van der Waals surface area (Å²) >= 11 is 5.96. The van der Waals surface area contributed by atoms with Gasteiger partial charge in [-0.15, -0.1) is 0 Å². The molecule has 5 rings (SSSR count). The fourth-order valence-corrected chi connectivity index (χ4v) is 3.78. The maximum absolute atomic E-state index is 13.5. The van der Waals surface area contributed by atoms with Crippen LogP contribution in [0.15, 0.2) is 65.7 Å². The van der Waals surface area contributed by atoms with Gasteiger partial charge in [-0.3, -0.25) is 13.8 Å². The Hall–Kier alpha value is -3.91. The lowest BCUT2D eigenvalue weighted by Gasteiger charge is -2.11. The predicted octanol–water partition coefficient (Wildman–Crippen LogP) is 3.98. The fourth-order valence-electron chi connectivity index (χ4n) is 3.67. The van der Waals surface area contributed by atoms with Crippen molar-refractivity contribution in [3.05, 3.63) is 76.4 Å². The third-order valence-corrected chi connectivity index (χ3v) is 5.21. The van der Waals surface area contributed by atoms with Crippen LogP contribution < -0.4 is 16.2 Å². The SMILES string of the molecule is CCNC(=O)Nc1ccc2nc3c4ccccc4c(=O)n(-c4ccc(Cl)nc4)c3n2c1. The van der Waals surface area contributed by atoms with E-state index in [9.17, 15) is 9.59 Å². The van der Waals surface area contributed by atoms with Crippen LogP contribution in [0.25, 0.3) is 33.3 Å². The van der Waals surface area contributed by atoms with Crippen LogP contribution in [0.1, 0.15) is 6.92 Å². The molecule has 0 bridgehead atoms. The van der Waals surface area contributed by atoms with Gasteiger partial charge in [-0.1, -0.05) is 29.8 Å². The minimum Gasteiger partial charge on any atom is -0.338 e. The molecule has 4 heterocycles. The Balaban J connectivity index is 1.87. The number of hydrogen-bond donors (Lipinski definition) is 2. The summed E-state index contributed by atoms with van der Waals surface area (Å²) in [5, 5.41) is 7.13. The Kier molecular flexibility index (Phi) is 4.56. The van der Waals surface area contributed by atoms with Crippen LogP contribution in [0.2, 0.25) is 5.15 Å². The summed E-state index contributed by atoms with van der Waals surface area (Å²) in [4.78, 5) is 34.4. The van der Waals surface area contributed by atoms with E-state index in [2.05, 4.69) is 15.6 Å². The van der Waals surface area contributed by atoms with Crippen molar-refractivity contribution in [2.24, 2.45) is 0 Å². The van der Waals surface area contributed by atoms with E-state index in [0.717, 1.165) is 5.39 Å². The van der Waals surface area contributed by atoms with E-state index in [-0.39, 0.29) is 11.6 Å². The molecule has 0 saturated heterocycles. The van der Waals surface area contributed by atoms with Crippen LogP contribution in [0.4, 0.5) is 10.5 Å². The van der Waals surface area contributed by atoms with Crippen molar-refractivity contribution < 1.29 is 4.79 Å². The molecule has 5 aromatic rings. The molecule has 0 aliphatic rings. The standard InChI is InChI=1S/C22H17ClN6O2/c1-2-24-22(31)26-13-7-10-18-27-19-15-5-3-4-6-16(15)21(30)29(20(19)28(18)12-13)14-8-9-17(23)25-11-14/h3-12H,2H2,1H3,(H2,24,26,31). The summed E-state index contributed by atoms with van der Waals surface area (Å²) in [5.41, 5.74) is 2.81. The van der Waals surface area contributed by atoms with Crippen LogP contribution in [0.3, 0.4) is 0 Å². The van der Waals surface area contributed by atoms with E-state index >= 15 is 0 Å². The maximum atomic E-state index is 13.5. The first kappa shape index (κ1) is 19.1. The van der Waals surface area contributed by atoms with Crippen molar-refractivity contribution in [3.63, 3.8) is 0 Å². The molecule has 0 aliphatic carbocycles. The van der Waals surface area contributed by atoms with Crippen LogP contribution in [-0.4, -0.2) is 31.5 Å². The largest absolute Gasteiger partial charge is 0.338 e. The monoisotopic (exact) mass is 432 g/mol. The Labute approximate surface area is 181 Å². The van der Waals surface area contributed by atoms with Gasteiger partial charge in [0.1, 0.15) is 16.3 Å². The van der Waals surface area contributed by atoms with E-state index in [1.54, 1.807) is 51.7 Å². The minimum atomic E-state index is -0.309. The molecule has 0 radical (unpaired) electrons. The molecule has 1 aromatic carbocycles. The summed E-state index contributed by atoms with van der Waals surface area (Å²) in [6.07, 6.45) is 3.29. The summed E-state index contributed by atoms with van der Waals surface area (Å²) < 4.78 is 3.36. The van der Waals surface area contributed by atoms with Gasteiger partial charge in [0.15, 0.2) is 5.65 Å². The lowest BCUT2D eigenvalue weighted by molar-refractivity contribution is 0.252. The molecule has 2 amide bonds. The highest BCUT2D eigenvalue weighted by molar-refractivity contribution is 6.29. The van der Waals surface area contributed by atoms with Crippen molar-refractivity contribution in [2.45, 2.75) is 6.92 Å². The van der Waals surface area contributed by atoms with E-state index in [1.807, 2.05) is 25.1 Å². The van der Waals surface area contributed by atoms with Gasteiger partial charge in [0.05, 0.1) is 17.6 Å². The molecule has 0 atom stereocenters. The first-order chi connectivity index (χ1) is 15.1. The average molecular weight is 433 g/mol. The molecule has 4 aromatic heterocycles. The van der Waals surface area contributed by atoms with E-state index < -0.39 is 0 Å². The zero-order valence-electron chi connectivity index (χ0n) is 16.5. The van der Waals surface area contributed by atoms with Crippen molar-refractivity contribution >= 4 is 50.9 Å². The number of anilines is 1. The Morgan fingerprint density at radius 3 is 2.65 bits per heavy atom. The quantitative estimate of drug-likeness (QED) is 0.422. The van der Waals surface area contributed by atoms with Gasteiger partial charge < -0.3 is 10.6 Å². The normalized spacial score (nSPS) is 11.3. The van der Waals surface area contributed by atoms with Crippen LogP contribution in [0, 0.1) is 0 Å². The number of pyridine rings is 3. The fraction of sp³-hybridized carbons (Fsp3) is 0.0909. The number of nitrogens with zero attached hydrogens (tertiary/aromatic N) is 4. The second kappa shape index (κ2) is 7.41. The van der Waals surface area contributed by atoms with Crippen molar-refractivity contribution in [1.29, 1.82) is 0 Å². The number of amides is 2. The molecule has 0 fully saturated rings. The first-order valence-corrected chi connectivity index (χ1v) is 10.1. The molecule has 9 heteroatoms. The maximum Gasteiger partial charge on any atom is 0.319 e. The predicted molar refractivity (Wildman–Crippen MR) is 121 cm³/mol. The molecule has 0 aliphatic heterocycles. The van der Waals surface area contributed by atoms with Gasteiger partial charge in [0, 0.05) is 23.5 Å². The zero-order chi connectivity index (χ0) is 21.5. The summed E-state index contributed by atoms with van der Waals surface area (Å²) in [6.45, 7) is 2.35. The van der Waals surface area contributed by atoms with Crippen molar-refractivity contribution in [3.8, 4) is 5.69 Å². The molecule has 2 N–H and O–H groups in total. The highest BCUT2D eigenvalue weighted by atomic mass is 35.5. The number of hydrogen-bond acceptors (Lipinski definition) is 4. The second-order valence-corrected chi connectivity index (χ2v) is 7.33. The van der Waals surface area contributed by atoms with Gasteiger partial charge >= 0.3 is 6.03 Å². The minimum absolute atomic E-state index is 0.198. The molecule has 0 spiro atoms. The Morgan fingerprint density at radius 2 is 1.90 bits per heavy atom. The molecule has 154 valence electrons. The Bertz CT molecular complexity index is 1520. The first-order valence-electron chi connectivity index (χ1n) is 9.69. The lowest BCUT2D eigenvalue weighted by atomic mass is 10.1. The van der Waals surface area contributed by atoms with E-state index in [1.165, 1.54) is 0 Å². The highest BCUT2D eigenvalue weighted by Gasteiger charge is 2.18. The Morgan fingerprint density at radius 1 is 1.10 bits per heavy atom. The van der Waals surface area contributed by atoms with E-state index in [4.69, 9.17) is 16.6 Å². The number of carbonyl (C=O) groups excluding carboxylic acids is 1. The number of benzene rings is 1. The second-order valence-electron chi connectivity index (χ2n) is 6.94. The summed E-state index contributed by atoms with van der Waals surface area (Å²) in [6, 6.07) is 14.0. The number of fused-ring (bicyclic) bond motifs is 5. The molecular weight excluding hydrogens is 416 g/mol. The lowest BCUT2D eigenvalue weighted by Crippen LogP contribution is -2.28. The number of urea groups is 1. The molecule has 8 nitrogen and oxygen atoms in total. The van der Waals surface area contributed by atoms with Gasteiger partial charge in [-0.05, 0) is 37.3 Å². The number of imidazole rings is 1. The number of aromatic nitrogens is 4. The smallest absolute Gasteiger partial charge is 0.319 e. The summed E-state index contributed by atoms with van der Waals surface area (Å²) in [5.74, 6) is 0. The third kappa shape index (κ3) is 3.17. The van der Waals surface area contributed by atoms with Crippen molar-refractivity contribution in [2.75, 3.05) is 11.9 Å². The number of carbonyl (C=O) groups is 1. The molecule has 0 saturated carbocycles. The van der Waals surface area contributed by atoms with E-state index in [0.29, 0.717) is 45.3 Å². The zero-order valence-corrected chi connectivity index (χ0v) is 17.2. The van der Waals surface area contributed by atoms with Gasteiger partial charge in [0.2, 0.25) is 0 Å². The van der Waals surface area contributed by atoms with Gasteiger partial charge in [-0.2, -0.15) is 0 Å². The topological polar surface area (TPSA) is 93.3 Å². The summed E-state index contributed by atoms with van der Waals surface area (Å²) in [7, 11) is 0. The molecular formula is C22H17ClN6O2. The van der Waals surface area contributed by atoms with Crippen LogP contribution in [-0.2, 0) is 0 Å². The molecule has 0 unspecified atom stereocenters.